The lowest BCUT2D eigenvalue weighted by atomic mass is 9.48. The normalized spacial score (nSPS) is 21.6. The van der Waals surface area contributed by atoms with Crippen LogP contribution in [-0.4, -0.2) is 0 Å². The van der Waals surface area contributed by atoms with Gasteiger partial charge in [0.2, 0.25) is 0 Å². The van der Waals surface area contributed by atoms with Crippen molar-refractivity contribution < 1.29 is 0 Å². The SMILES string of the molecule is CC(C)(/C=C/C(C)(C)C1(C#N)CCC(C#N)(C(C)(C)/C=C/C(C)(C)C(C#N)C#N)c2ccccc21)C(C#N)C#N. The molecule has 0 aliphatic heterocycles. The van der Waals surface area contributed by atoms with E-state index in [9.17, 15) is 31.6 Å². The van der Waals surface area contributed by atoms with Crippen LogP contribution in [-0.2, 0) is 10.8 Å². The van der Waals surface area contributed by atoms with E-state index in [1.54, 1.807) is 0 Å². The lowest BCUT2D eigenvalue weighted by Gasteiger charge is -2.52. The van der Waals surface area contributed by atoms with E-state index in [0.717, 1.165) is 11.1 Å². The molecular weight excluding hydrogens is 492 g/mol. The zero-order chi connectivity index (χ0) is 30.6. The number of rotatable bonds is 8. The standard InChI is InChI=1S/C34H38N6/c1-29(2,25(19-35)20-36)13-15-31(5,6)33(23-39)17-18-34(24-40,28-12-10-9-11-27(28)33)32(7,8)16-14-30(3,4)26(21-37)22-38/h9-16,25-26H,17-18H2,1-8H3/b15-13+,16-14+. The summed E-state index contributed by atoms with van der Waals surface area (Å²) < 4.78 is 0. The second-order valence-electron chi connectivity index (χ2n) is 13.2. The van der Waals surface area contributed by atoms with Crippen LogP contribution < -0.4 is 0 Å². The molecule has 6 heteroatoms. The molecule has 0 saturated heterocycles. The highest BCUT2D eigenvalue weighted by Gasteiger charge is 2.57. The minimum atomic E-state index is -0.961. The topological polar surface area (TPSA) is 143 Å². The predicted octanol–water partition coefficient (Wildman–Crippen LogP) is 7.55. The van der Waals surface area contributed by atoms with Crippen molar-refractivity contribution in [2.75, 3.05) is 0 Å². The van der Waals surface area contributed by atoms with Crippen LogP contribution in [0.4, 0.5) is 0 Å². The average molecular weight is 531 g/mol. The van der Waals surface area contributed by atoms with E-state index >= 15 is 0 Å². The van der Waals surface area contributed by atoms with Crippen LogP contribution in [0.15, 0.2) is 48.6 Å². The summed E-state index contributed by atoms with van der Waals surface area (Å²) in [6.45, 7) is 15.3. The first-order valence-corrected chi connectivity index (χ1v) is 13.4. The minimum Gasteiger partial charge on any atom is -0.197 e. The molecule has 6 nitrogen and oxygen atoms in total. The zero-order valence-electron chi connectivity index (χ0n) is 24.9. The summed E-state index contributed by atoms with van der Waals surface area (Å²) in [6.07, 6.45) is 8.48. The summed E-state index contributed by atoms with van der Waals surface area (Å²) in [5, 5.41) is 59.4. The highest BCUT2D eigenvalue weighted by Crippen LogP contribution is 2.59. The summed E-state index contributed by atoms with van der Waals surface area (Å²) in [6, 6.07) is 21.2. The maximum atomic E-state index is 10.8. The first kappa shape index (κ1) is 31.9. The molecule has 1 aliphatic carbocycles. The third kappa shape index (κ3) is 5.12. The van der Waals surface area contributed by atoms with Gasteiger partial charge in [0.05, 0.1) is 47.2 Å². The Hall–Kier alpha value is -4.36. The largest absolute Gasteiger partial charge is 0.197 e. The van der Waals surface area contributed by atoms with Crippen molar-refractivity contribution >= 4 is 0 Å². The maximum absolute atomic E-state index is 10.8. The maximum Gasteiger partial charge on any atom is 0.141 e. The lowest BCUT2D eigenvalue weighted by molar-refractivity contribution is 0.175. The summed E-state index contributed by atoms with van der Waals surface area (Å²) in [7, 11) is 0. The first-order chi connectivity index (χ1) is 18.5. The number of nitrogens with zero attached hydrogens (tertiary/aromatic N) is 6. The van der Waals surface area contributed by atoms with Gasteiger partial charge in [0.1, 0.15) is 11.8 Å². The van der Waals surface area contributed by atoms with Gasteiger partial charge in [-0.3, -0.25) is 0 Å². The molecule has 0 saturated carbocycles. The molecule has 2 atom stereocenters. The summed E-state index contributed by atoms with van der Waals surface area (Å²) in [4.78, 5) is 0. The fourth-order valence-electron chi connectivity index (χ4n) is 5.78. The van der Waals surface area contributed by atoms with Gasteiger partial charge >= 0.3 is 0 Å². The van der Waals surface area contributed by atoms with Crippen LogP contribution in [0.25, 0.3) is 0 Å². The van der Waals surface area contributed by atoms with Gasteiger partial charge in [-0.25, -0.2) is 0 Å². The van der Waals surface area contributed by atoms with Gasteiger partial charge in [-0.1, -0.05) is 104 Å². The molecule has 0 heterocycles. The van der Waals surface area contributed by atoms with Crippen LogP contribution in [0, 0.1) is 101 Å². The Balaban J connectivity index is 2.74. The van der Waals surface area contributed by atoms with Gasteiger partial charge in [0.25, 0.3) is 0 Å². The first-order valence-electron chi connectivity index (χ1n) is 13.4. The molecular formula is C34H38N6. The third-order valence-corrected chi connectivity index (χ3v) is 9.17. The fourth-order valence-corrected chi connectivity index (χ4v) is 5.78. The van der Waals surface area contributed by atoms with E-state index in [-0.39, 0.29) is 0 Å². The van der Waals surface area contributed by atoms with Crippen molar-refractivity contribution in [2.45, 2.75) is 79.1 Å². The number of nitriles is 6. The molecule has 204 valence electrons. The highest BCUT2D eigenvalue weighted by atomic mass is 14.6. The zero-order valence-corrected chi connectivity index (χ0v) is 24.9. The highest BCUT2D eigenvalue weighted by molar-refractivity contribution is 5.54. The fraction of sp³-hybridized carbons (Fsp3) is 0.529. The van der Waals surface area contributed by atoms with Crippen molar-refractivity contribution in [1.29, 1.82) is 31.6 Å². The van der Waals surface area contributed by atoms with Gasteiger partial charge < -0.3 is 0 Å². The Bertz CT molecular complexity index is 1310. The van der Waals surface area contributed by atoms with E-state index in [4.69, 9.17) is 0 Å². The molecule has 2 unspecified atom stereocenters. The molecule has 2 rings (SSSR count). The second kappa shape index (κ2) is 11.0. The second-order valence-corrected chi connectivity index (χ2v) is 13.2. The van der Waals surface area contributed by atoms with Gasteiger partial charge in [-0.15, -0.1) is 0 Å². The van der Waals surface area contributed by atoms with Crippen molar-refractivity contribution in [3.8, 4) is 36.4 Å². The molecule has 1 aromatic carbocycles. The third-order valence-electron chi connectivity index (χ3n) is 9.17. The Morgan fingerprint density at radius 2 is 0.875 bits per heavy atom. The predicted molar refractivity (Wildman–Crippen MR) is 153 cm³/mol. The van der Waals surface area contributed by atoms with Gasteiger partial charge in [-0.05, 0) is 24.0 Å². The molecule has 0 spiro atoms. The molecule has 0 fully saturated rings. The van der Waals surface area contributed by atoms with Crippen LogP contribution in [0.2, 0.25) is 0 Å². The van der Waals surface area contributed by atoms with Crippen molar-refractivity contribution in [3.05, 3.63) is 59.7 Å². The molecule has 1 aromatic rings. The van der Waals surface area contributed by atoms with E-state index in [1.807, 2.05) is 104 Å². The minimum absolute atomic E-state index is 0.422. The van der Waals surface area contributed by atoms with Crippen LogP contribution in [0.1, 0.15) is 79.4 Å². The molecule has 0 radical (unpaired) electrons. The van der Waals surface area contributed by atoms with Gasteiger partial charge in [-0.2, -0.15) is 31.6 Å². The molecule has 0 bridgehead atoms. The number of hydrogen-bond donors (Lipinski definition) is 0. The van der Waals surface area contributed by atoms with E-state index in [1.165, 1.54) is 0 Å². The van der Waals surface area contributed by atoms with Crippen LogP contribution >= 0.6 is 0 Å². The molecule has 0 amide bonds. The Morgan fingerprint density at radius 3 is 1.12 bits per heavy atom. The Kier molecular flexibility index (Phi) is 8.78. The van der Waals surface area contributed by atoms with Crippen molar-refractivity contribution in [2.24, 2.45) is 33.5 Å². The van der Waals surface area contributed by atoms with Crippen molar-refractivity contribution in [3.63, 3.8) is 0 Å². The van der Waals surface area contributed by atoms with E-state index in [0.29, 0.717) is 12.8 Å². The summed E-state index contributed by atoms with van der Waals surface area (Å²) in [5.74, 6) is -1.66. The Labute approximate surface area is 240 Å². The smallest absolute Gasteiger partial charge is 0.141 e. The van der Waals surface area contributed by atoms with E-state index in [2.05, 4.69) is 36.4 Å². The number of benzene rings is 1. The van der Waals surface area contributed by atoms with Crippen LogP contribution in [0.3, 0.4) is 0 Å². The summed E-state index contributed by atoms with van der Waals surface area (Å²) >= 11 is 0. The average Bonchev–Trinajstić information content (AvgIpc) is 2.91. The lowest BCUT2D eigenvalue weighted by Crippen LogP contribution is -2.51. The number of fused-ring (bicyclic) bond motifs is 1. The molecule has 0 aromatic heterocycles. The molecule has 0 N–H and O–H groups in total. The summed E-state index contributed by atoms with van der Waals surface area (Å²) in [5.41, 5.74) is -3.15. The monoisotopic (exact) mass is 530 g/mol. The van der Waals surface area contributed by atoms with Gasteiger partial charge in [0.15, 0.2) is 0 Å². The molecule has 1 aliphatic rings. The quantitative estimate of drug-likeness (QED) is 0.317. The van der Waals surface area contributed by atoms with E-state index < -0.39 is 44.3 Å². The Morgan fingerprint density at radius 1 is 0.575 bits per heavy atom. The van der Waals surface area contributed by atoms with Gasteiger partial charge in [0, 0.05) is 21.7 Å². The van der Waals surface area contributed by atoms with Crippen molar-refractivity contribution in [1.82, 2.24) is 0 Å². The molecule has 40 heavy (non-hydrogen) atoms. The number of allylic oxidation sites excluding steroid dienone is 4. The van der Waals surface area contributed by atoms with Crippen LogP contribution in [0.5, 0.6) is 0 Å². The number of hydrogen-bond acceptors (Lipinski definition) is 6.